The summed E-state index contributed by atoms with van der Waals surface area (Å²) in [6.07, 6.45) is 1.32. The molecule has 0 aliphatic rings. The molecule has 0 saturated heterocycles. The fourth-order valence-electron chi connectivity index (χ4n) is 3.09. The van der Waals surface area contributed by atoms with E-state index >= 15 is 0 Å². The van der Waals surface area contributed by atoms with Crippen molar-refractivity contribution in [1.29, 1.82) is 5.26 Å². The van der Waals surface area contributed by atoms with Crippen LogP contribution in [-0.2, 0) is 4.79 Å². The van der Waals surface area contributed by atoms with E-state index in [1.807, 2.05) is 48.7 Å². The van der Waals surface area contributed by atoms with Crippen molar-refractivity contribution in [1.82, 2.24) is 4.98 Å². The van der Waals surface area contributed by atoms with E-state index in [1.165, 1.54) is 29.5 Å². The first-order chi connectivity index (χ1) is 15.9. The highest BCUT2D eigenvalue weighted by molar-refractivity contribution is 7.14. The van der Waals surface area contributed by atoms with Gasteiger partial charge < -0.3 is 4.42 Å². The van der Waals surface area contributed by atoms with Crippen molar-refractivity contribution in [3.8, 4) is 28.7 Å². The standard InChI is InChI=1S/C24H16N4O4S/c1-15-7-8-18(28(30)31)12-20(15)22-10-9-19(32-22)11-17(13-25)23(29)27-24-26-21(14-33-24)16-5-3-2-4-6-16/h2-12,14H,1H3,(H,26,27,29). The average molecular weight is 456 g/mol. The number of aryl methyl sites for hydroxylation is 1. The molecule has 2 aromatic carbocycles. The highest BCUT2D eigenvalue weighted by Gasteiger charge is 2.16. The molecule has 0 aliphatic carbocycles. The number of amides is 1. The Hall–Kier alpha value is -4.55. The Morgan fingerprint density at radius 3 is 2.73 bits per heavy atom. The number of aromatic nitrogens is 1. The van der Waals surface area contributed by atoms with Gasteiger partial charge in [0.25, 0.3) is 11.6 Å². The first-order valence-electron chi connectivity index (χ1n) is 9.74. The van der Waals surface area contributed by atoms with Gasteiger partial charge in [-0.3, -0.25) is 20.2 Å². The Morgan fingerprint density at radius 1 is 1.21 bits per heavy atom. The number of hydrogen-bond acceptors (Lipinski definition) is 7. The van der Waals surface area contributed by atoms with Gasteiger partial charge in [0.2, 0.25) is 0 Å². The number of carbonyl (C=O) groups is 1. The van der Waals surface area contributed by atoms with E-state index in [2.05, 4.69) is 10.3 Å². The van der Waals surface area contributed by atoms with Crippen LogP contribution in [0.2, 0.25) is 0 Å². The van der Waals surface area contributed by atoms with Crippen LogP contribution in [0.3, 0.4) is 0 Å². The van der Waals surface area contributed by atoms with Crippen molar-refractivity contribution in [2.24, 2.45) is 0 Å². The van der Waals surface area contributed by atoms with Crippen molar-refractivity contribution < 1.29 is 14.1 Å². The molecule has 0 fully saturated rings. The number of carbonyl (C=O) groups excluding carboxylic acids is 1. The molecule has 1 amide bonds. The van der Waals surface area contributed by atoms with Crippen LogP contribution in [-0.4, -0.2) is 15.8 Å². The van der Waals surface area contributed by atoms with Gasteiger partial charge in [-0.1, -0.05) is 36.4 Å². The number of nitriles is 1. The number of nitrogens with zero attached hydrogens (tertiary/aromatic N) is 3. The van der Waals surface area contributed by atoms with Crippen LogP contribution in [0.5, 0.6) is 0 Å². The van der Waals surface area contributed by atoms with Gasteiger partial charge in [0, 0.05) is 34.7 Å². The maximum Gasteiger partial charge on any atom is 0.270 e. The number of benzene rings is 2. The molecule has 33 heavy (non-hydrogen) atoms. The molecule has 2 aromatic heterocycles. The minimum Gasteiger partial charge on any atom is -0.457 e. The molecule has 2 heterocycles. The predicted octanol–water partition coefficient (Wildman–Crippen LogP) is 5.83. The van der Waals surface area contributed by atoms with Crippen LogP contribution >= 0.6 is 11.3 Å². The van der Waals surface area contributed by atoms with Gasteiger partial charge in [0.05, 0.1) is 10.6 Å². The van der Waals surface area contributed by atoms with Crippen molar-refractivity contribution in [2.75, 3.05) is 5.32 Å². The zero-order valence-corrected chi connectivity index (χ0v) is 18.1. The molecule has 9 heteroatoms. The Balaban J connectivity index is 1.53. The molecule has 1 N–H and O–H groups in total. The third-order valence-electron chi connectivity index (χ3n) is 4.77. The van der Waals surface area contributed by atoms with Gasteiger partial charge in [-0.25, -0.2) is 4.98 Å². The van der Waals surface area contributed by atoms with Crippen LogP contribution in [0.1, 0.15) is 11.3 Å². The summed E-state index contributed by atoms with van der Waals surface area (Å²) in [7, 11) is 0. The molecule has 0 radical (unpaired) electrons. The number of furan rings is 1. The van der Waals surface area contributed by atoms with Gasteiger partial charge >= 0.3 is 0 Å². The van der Waals surface area contributed by atoms with Crippen molar-refractivity contribution in [3.05, 3.63) is 93.1 Å². The summed E-state index contributed by atoms with van der Waals surface area (Å²) in [5.41, 5.74) is 2.78. The molecule has 4 aromatic rings. The number of thiazole rings is 1. The summed E-state index contributed by atoms with van der Waals surface area (Å²) in [6.45, 7) is 1.81. The summed E-state index contributed by atoms with van der Waals surface area (Å²) in [5.74, 6) is 0.0511. The van der Waals surface area contributed by atoms with Crippen LogP contribution in [0.25, 0.3) is 28.7 Å². The zero-order chi connectivity index (χ0) is 23.4. The molecular formula is C24H16N4O4S. The number of nitrogens with one attached hydrogen (secondary N) is 1. The fourth-order valence-corrected chi connectivity index (χ4v) is 3.81. The van der Waals surface area contributed by atoms with Crippen molar-refractivity contribution in [2.45, 2.75) is 6.92 Å². The monoisotopic (exact) mass is 456 g/mol. The molecule has 0 atom stereocenters. The molecule has 0 spiro atoms. The van der Waals surface area contributed by atoms with E-state index in [4.69, 9.17) is 4.42 Å². The molecule has 162 valence electrons. The van der Waals surface area contributed by atoms with Crippen molar-refractivity contribution >= 4 is 34.1 Å². The molecule has 0 unspecified atom stereocenters. The van der Waals surface area contributed by atoms with Gasteiger partial charge in [0.1, 0.15) is 23.2 Å². The summed E-state index contributed by atoms with van der Waals surface area (Å²) in [5, 5.41) is 25.4. The van der Waals surface area contributed by atoms with E-state index in [1.54, 1.807) is 18.2 Å². The molecule has 0 bridgehead atoms. The smallest absolute Gasteiger partial charge is 0.270 e. The highest BCUT2D eigenvalue weighted by Crippen LogP contribution is 2.30. The SMILES string of the molecule is Cc1ccc([N+](=O)[O-])cc1-c1ccc(C=C(C#N)C(=O)Nc2nc(-c3ccccc3)cs2)o1. The van der Waals surface area contributed by atoms with Crippen molar-refractivity contribution in [3.63, 3.8) is 0 Å². The maximum absolute atomic E-state index is 12.6. The summed E-state index contributed by atoms with van der Waals surface area (Å²) < 4.78 is 5.74. The van der Waals surface area contributed by atoms with Crippen LogP contribution in [0.15, 0.2) is 76.0 Å². The Bertz CT molecular complexity index is 1410. The molecule has 8 nitrogen and oxygen atoms in total. The third-order valence-corrected chi connectivity index (χ3v) is 5.53. The highest BCUT2D eigenvalue weighted by atomic mass is 32.1. The summed E-state index contributed by atoms with van der Waals surface area (Å²) >= 11 is 1.26. The minimum atomic E-state index is -0.615. The first-order valence-corrected chi connectivity index (χ1v) is 10.6. The number of rotatable bonds is 6. The number of hydrogen-bond donors (Lipinski definition) is 1. The molecule has 0 saturated carbocycles. The lowest BCUT2D eigenvalue weighted by molar-refractivity contribution is -0.384. The molecule has 4 rings (SSSR count). The zero-order valence-electron chi connectivity index (χ0n) is 17.3. The number of anilines is 1. The van der Waals surface area contributed by atoms with E-state index in [-0.39, 0.29) is 17.0 Å². The second kappa shape index (κ2) is 9.30. The second-order valence-electron chi connectivity index (χ2n) is 6.99. The number of nitro groups is 1. The third kappa shape index (κ3) is 4.87. The Morgan fingerprint density at radius 2 is 2.00 bits per heavy atom. The first kappa shape index (κ1) is 21.7. The quantitative estimate of drug-likeness (QED) is 0.168. The summed E-state index contributed by atoms with van der Waals surface area (Å²) in [6, 6.07) is 19.1. The largest absolute Gasteiger partial charge is 0.457 e. The van der Waals surface area contributed by atoms with Gasteiger partial charge in [-0.15, -0.1) is 11.3 Å². The fraction of sp³-hybridized carbons (Fsp3) is 0.0417. The normalized spacial score (nSPS) is 11.1. The molecule has 0 aliphatic heterocycles. The van der Waals surface area contributed by atoms with E-state index in [0.717, 1.165) is 16.8 Å². The minimum absolute atomic E-state index is 0.0560. The topological polar surface area (TPSA) is 122 Å². The van der Waals surface area contributed by atoms with Gasteiger partial charge in [0.15, 0.2) is 5.13 Å². The van der Waals surface area contributed by atoms with Gasteiger partial charge in [-0.2, -0.15) is 5.26 Å². The van der Waals surface area contributed by atoms with Gasteiger partial charge in [-0.05, 0) is 24.6 Å². The average Bonchev–Trinajstić information content (AvgIpc) is 3.48. The predicted molar refractivity (Wildman–Crippen MR) is 125 cm³/mol. The molecular weight excluding hydrogens is 440 g/mol. The van der Waals surface area contributed by atoms with Crippen LogP contribution in [0, 0.1) is 28.4 Å². The number of nitro benzene ring substituents is 1. The lowest BCUT2D eigenvalue weighted by Gasteiger charge is -2.02. The lowest BCUT2D eigenvalue weighted by atomic mass is 10.1. The van der Waals surface area contributed by atoms with E-state index < -0.39 is 10.8 Å². The number of non-ortho nitro benzene ring substituents is 1. The van der Waals surface area contributed by atoms with Crippen LogP contribution < -0.4 is 5.32 Å². The Labute approximate surface area is 192 Å². The second-order valence-corrected chi connectivity index (χ2v) is 7.84. The summed E-state index contributed by atoms with van der Waals surface area (Å²) in [4.78, 5) is 27.6. The van der Waals surface area contributed by atoms with E-state index in [0.29, 0.717) is 16.5 Å². The van der Waals surface area contributed by atoms with E-state index in [9.17, 15) is 20.2 Å². The lowest BCUT2D eigenvalue weighted by Crippen LogP contribution is -2.13. The Kier molecular flexibility index (Phi) is 6.11. The maximum atomic E-state index is 12.6. The van der Waals surface area contributed by atoms with Crippen LogP contribution in [0.4, 0.5) is 10.8 Å².